The highest BCUT2D eigenvalue weighted by Gasteiger charge is 2.17. The molecule has 0 aliphatic carbocycles. The Bertz CT molecular complexity index is 965. The lowest BCUT2D eigenvalue weighted by Crippen LogP contribution is -2.32. The summed E-state index contributed by atoms with van der Waals surface area (Å²) in [6.07, 6.45) is 1.76. The quantitative estimate of drug-likeness (QED) is 0.727. The first kappa shape index (κ1) is 16.8. The molecule has 0 saturated carbocycles. The maximum atomic E-state index is 13.2. The van der Waals surface area contributed by atoms with E-state index in [0.29, 0.717) is 23.1 Å². The van der Waals surface area contributed by atoms with Gasteiger partial charge in [-0.2, -0.15) is 5.10 Å². The molecule has 25 heavy (non-hydrogen) atoms. The normalized spacial score (nSPS) is 10.8. The number of nitrogens with one attached hydrogen (secondary N) is 1. The number of hydrogen-bond acceptors (Lipinski definition) is 3. The van der Waals surface area contributed by atoms with Crippen molar-refractivity contribution in [3.8, 4) is 5.69 Å². The largest absolute Gasteiger partial charge is 0.351 e. The van der Waals surface area contributed by atoms with E-state index in [1.165, 1.54) is 16.8 Å². The summed E-state index contributed by atoms with van der Waals surface area (Å²) in [5.74, 6) is -0.869. The molecule has 0 spiro atoms. The Labute approximate surface area is 144 Å². The molecule has 128 valence electrons. The number of fused-ring (bicyclic) bond motifs is 1. The Balaban J connectivity index is 2.16. The van der Waals surface area contributed by atoms with Crippen molar-refractivity contribution in [2.45, 2.75) is 19.8 Å². The number of carbonyl (C=O) groups is 1. The van der Waals surface area contributed by atoms with Crippen molar-refractivity contribution in [3.05, 3.63) is 70.3 Å². The minimum absolute atomic E-state index is 0.167. The molecule has 0 fully saturated rings. The van der Waals surface area contributed by atoms with Gasteiger partial charge in [0.15, 0.2) is 5.69 Å². The van der Waals surface area contributed by atoms with Crippen molar-refractivity contribution in [1.82, 2.24) is 15.1 Å². The number of unbranched alkanes of at least 4 members (excludes halogenated alkanes) is 1. The van der Waals surface area contributed by atoms with Gasteiger partial charge in [0.25, 0.3) is 5.91 Å². The molecule has 3 rings (SSSR count). The lowest BCUT2D eigenvalue weighted by Gasteiger charge is -2.12. The topological polar surface area (TPSA) is 64.0 Å². The molecule has 1 amide bonds. The summed E-state index contributed by atoms with van der Waals surface area (Å²) < 4.78 is 14.7. The molecule has 1 heterocycles. The number of nitrogens with zero attached hydrogens (tertiary/aromatic N) is 2. The minimum Gasteiger partial charge on any atom is -0.351 e. The van der Waals surface area contributed by atoms with Crippen LogP contribution in [0.25, 0.3) is 16.6 Å². The summed E-state index contributed by atoms with van der Waals surface area (Å²) in [4.78, 5) is 25.0. The Morgan fingerprint density at radius 1 is 1.16 bits per heavy atom. The standard InChI is InChI=1S/C19H18FN3O2/c1-2-3-12-21-19(25)17-18(24)15-6-4-5-7-16(15)23(22-17)14-10-8-13(20)9-11-14/h4-11H,2-3,12H2,1H3,(H,21,25). The average molecular weight is 339 g/mol. The van der Waals surface area contributed by atoms with Gasteiger partial charge in [-0.1, -0.05) is 25.5 Å². The van der Waals surface area contributed by atoms with Gasteiger partial charge in [0, 0.05) is 6.54 Å². The molecule has 2 aromatic carbocycles. The lowest BCUT2D eigenvalue weighted by atomic mass is 10.2. The van der Waals surface area contributed by atoms with Crippen molar-refractivity contribution in [2.24, 2.45) is 0 Å². The second-order valence-electron chi connectivity index (χ2n) is 5.69. The molecule has 0 bridgehead atoms. The van der Waals surface area contributed by atoms with Crippen LogP contribution in [0.2, 0.25) is 0 Å². The Morgan fingerprint density at radius 2 is 1.88 bits per heavy atom. The smallest absolute Gasteiger partial charge is 0.275 e. The van der Waals surface area contributed by atoms with E-state index in [1.54, 1.807) is 36.4 Å². The highest BCUT2D eigenvalue weighted by atomic mass is 19.1. The highest BCUT2D eigenvalue weighted by molar-refractivity contribution is 5.95. The number of aromatic nitrogens is 2. The third kappa shape index (κ3) is 3.42. The third-order valence-corrected chi connectivity index (χ3v) is 3.89. The van der Waals surface area contributed by atoms with Crippen LogP contribution in [-0.4, -0.2) is 22.2 Å². The molecular weight excluding hydrogens is 321 g/mol. The zero-order chi connectivity index (χ0) is 17.8. The Morgan fingerprint density at radius 3 is 2.60 bits per heavy atom. The van der Waals surface area contributed by atoms with Crippen LogP contribution < -0.4 is 10.7 Å². The summed E-state index contributed by atoms with van der Waals surface area (Å²) in [5.41, 5.74) is 0.548. The first-order chi connectivity index (χ1) is 12.1. The maximum Gasteiger partial charge on any atom is 0.275 e. The molecule has 1 N–H and O–H groups in total. The number of amides is 1. The molecule has 0 aliphatic rings. The fourth-order valence-electron chi connectivity index (χ4n) is 2.57. The maximum absolute atomic E-state index is 13.2. The lowest BCUT2D eigenvalue weighted by molar-refractivity contribution is 0.0945. The van der Waals surface area contributed by atoms with E-state index in [4.69, 9.17) is 0 Å². The number of rotatable bonds is 5. The van der Waals surface area contributed by atoms with E-state index in [2.05, 4.69) is 10.4 Å². The van der Waals surface area contributed by atoms with Crippen LogP contribution in [0.15, 0.2) is 53.3 Å². The molecule has 5 nitrogen and oxygen atoms in total. The van der Waals surface area contributed by atoms with Gasteiger partial charge in [-0.3, -0.25) is 9.59 Å². The number of benzene rings is 2. The van der Waals surface area contributed by atoms with Crippen LogP contribution in [0.3, 0.4) is 0 Å². The second-order valence-corrected chi connectivity index (χ2v) is 5.69. The van der Waals surface area contributed by atoms with Crippen LogP contribution in [0.4, 0.5) is 4.39 Å². The summed E-state index contributed by atoms with van der Waals surface area (Å²) in [6, 6.07) is 12.6. The van der Waals surface area contributed by atoms with E-state index < -0.39 is 11.3 Å². The van der Waals surface area contributed by atoms with Crippen molar-refractivity contribution < 1.29 is 9.18 Å². The molecule has 0 unspecified atom stereocenters. The molecule has 0 atom stereocenters. The molecule has 1 aromatic heterocycles. The van der Waals surface area contributed by atoms with Crippen LogP contribution in [0, 0.1) is 5.82 Å². The van der Waals surface area contributed by atoms with Crippen molar-refractivity contribution in [1.29, 1.82) is 0 Å². The van der Waals surface area contributed by atoms with E-state index >= 15 is 0 Å². The van der Waals surface area contributed by atoms with Crippen LogP contribution in [0.5, 0.6) is 0 Å². The number of para-hydroxylation sites is 1. The molecular formula is C19H18FN3O2. The molecule has 3 aromatic rings. The zero-order valence-corrected chi connectivity index (χ0v) is 13.8. The molecule has 0 radical (unpaired) electrons. The predicted octanol–water partition coefficient (Wildman–Crippen LogP) is 3.05. The number of carbonyl (C=O) groups excluding carboxylic acids is 1. The third-order valence-electron chi connectivity index (χ3n) is 3.89. The first-order valence-electron chi connectivity index (χ1n) is 8.18. The molecule has 0 saturated heterocycles. The van der Waals surface area contributed by atoms with Gasteiger partial charge in [-0.05, 0) is 42.8 Å². The summed E-state index contributed by atoms with van der Waals surface area (Å²) in [7, 11) is 0. The Kier molecular flexibility index (Phi) is 4.88. The van der Waals surface area contributed by atoms with E-state index in [9.17, 15) is 14.0 Å². The van der Waals surface area contributed by atoms with Crippen molar-refractivity contribution >= 4 is 16.8 Å². The fourth-order valence-corrected chi connectivity index (χ4v) is 2.57. The first-order valence-corrected chi connectivity index (χ1v) is 8.18. The van der Waals surface area contributed by atoms with Gasteiger partial charge >= 0.3 is 0 Å². The molecule has 6 heteroatoms. The van der Waals surface area contributed by atoms with Gasteiger partial charge in [-0.15, -0.1) is 0 Å². The summed E-state index contributed by atoms with van der Waals surface area (Å²) in [6.45, 7) is 2.50. The summed E-state index contributed by atoms with van der Waals surface area (Å²) in [5, 5.41) is 7.36. The zero-order valence-electron chi connectivity index (χ0n) is 13.8. The second kappa shape index (κ2) is 7.25. The number of halogens is 1. The van der Waals surface area contributed by atoms with Crippen molar-refractivity contribution in [3.63, 3.8) is 0 Å². The van der Waals surface area contributed by atoms with Gasteiger partial charge in [0.1, 0.15) is 5.82 Å². The number of hydrogen-bond donors (Lipinski definition) is 1. The SMILES string of the molecule is CCCCNC(=O)c1nn(-c2ccc(F)cc2)c2ccccc2c1=O. The Hall–Kier alpha value is -3.02. The van der Waals surface area contributed by atoms with Crippen LogP contribution in [-0.2, 0) is 0 Å². The van der Waals surface area contributed by atoms with E-state index in [0.717, 1.165) is 12.8 Å². The summed E-state index contributed by atoms with van der Waals surface area (Å²) >= 11 is 0. The average Bonchev–Trinajstić information content (AvgIpc) is 2.63. The van der Waals surface area contributed by atoms with Crippen molar-refractivity contribution in [2.75, 3.05) is 6.54 Å². The van der Waals surface area contributed by atoms with Crippen LogP contribution >= 0.6 is 0 Å². The fraction of sp³-hybridized carbons (Fsp3) is 0.211. The monoisotopic (exact) mass is 339 g/mol. The van der Waals surface area contributed by atoms with Gasteiger partial charge in [0.2, 0.25) is 5.43 Å². The van der Waals surface area contributed by atoms with E-state index in [1.807, 2.05) is 6.92 Å². The molecule has 0 aliphatic heterocycles. The van der Waals surface area contributed by atoms with Gasteiger partial charge in [-0.25, -0.2) is 9.07 Å². The van der Waals surface area contributed by atoms with Gasteiger partial charge < -0.3 is 5.32 Å². The van der Waals surface area contributed by atoms with E-state index in [-0.39, 0.29) is 11.5 Å². The van der Waals surface area contributed by atoms with Crippen LogP contribution in [0.1, 0.15) is 30.3 Å². The highest BCUT2D eigenvalue weighted by Crippen LogP contribution is 2.16. The predicted molar refractivity (Wildman–Crippen MR) is 94.5 cm³/mol. The minimum atomic E-state index is -0.500. The van der Waals surface area contributed by atoms with Gasteiger partial charge in [0.05, 0.1) is 16.6 Å².